The predicted octanol–water partition coefficient (Wildman–Crippen LogP) is 5.23. The highest BCUT2D eigenvalue weighted by Gasteiger charge is 2.14. The minimum Gasteiger partial charge on any atom is -0.454 e. The van der Waals surface area contributed by atoms with Crippen LogP contribution in [0.15, 0.2) is 71.5 Å². The fraction of sp³-hybridized carbons (Fsp3) is 0.0952. The molecule has 0 aliphatic carbocycles. The van der Waals surface area contributed by atoms with Gasteiger partial charge in [0.1, 0.15) is 11.4 Å². The highest BCUT2D eigenvalue weighted by Crippen LogP contribution is 2.37. The lowest BCUT2D eigenvalue weighted by Gasteiger charge is -2.15. The van der Waals surface area contributed by atoms with Gasteiger partial charge < -0.3 is 19.3 Å². The standard InChI is InChI=1S/C21H20FN3O2S/c1-4-28-24-15-9-10-19(27-20-8-6-5-7-17(20)22)16(12-15)14-11-18(23-2)21(26)25(3)13-14/h4-13,23-24H,1H2,2-3H3. The third-order valence-electron chi connectivity index (χ3n) is 4.06. The summed E-state index contributed by atoms with van der Waals surface area (Å²) in [5.41, 5.74) is 2.60. The second-order valence-electron chi connectivity index (χ2n) is 5.94. The molecule has 0 bridgehead atoms. The van der Waals surface area contributed by atoms with E-state index in [0.29, 0.717) is 17.0 Å². The average Bonchev–Trinajstić information content (AvgIpc) is 2.70. The zero-order valence-corrected chi connectivity index (χ0v) is 16.3. The molecule has 2 aromatic carbocycles. The second kappa shape index (κ2) is 8.67. The number of nitrogens with zero attached hydrogens (tertiary/aromatic N) is 1. The van der Waals surface area contributed by atoms with E-state index >= 15 is 0 Å². The lowest BCUT2D eigenvalue weighted by atomic mass is 10.0. The van der Waals surface area contributed by atoms with Gasteiger partial charge in [0.25, 0.3) is 5.56 Å². The molecule has 28 heavy (non-hydrogen) atoms. The Morgan fingerprint density at radius 1 is 1.18 bits per heavy atom. The number of pyridine rings is 1. The van der Waals surface area contributed by atoms with Crippen LogP contribution in [0.4, 0.5) is 15.8 Å². The molecule has 0 amide bonds. The average molecular weight is 397 g/mol. The molecule has 3 aromatic rings. The van der Waals surface area contributed by atoms with Crippen LogP contribution in [0.25, 0.3) is 11.1 Å². The first kappa shape index (κ1) is 19.6. The van der Waals surface area contributed by atoms with Crippen molar-refractivity contribution in [3.8, 4) is 22.6 Å². The highest BCUT2D eigenvalue weighted by molar-refractivity contribution is 8.03. The number of nitrogens with one attached hydrogen (secondary N) is 2. The van der Waals surface area contributed by atoms with Crippen molar-refractivity contribution in [1.82, 2.24) is 4.57 Å². The number of hydrogen-bond donors (Lipinski definition) is 2. The van der Waals surface area contributed by atoms with Crippen molar-refractivity contribution in [2.75, 3.05) is 17.1 Å². The van der Waals surface area contributed by atoms with Crippen molar-refractivity contribution < 1.29 is 9.13 Å². The fourth-order valence-corrected chi connectivity index (χ4v) is 3.05. The van der Waals surface area contributed by atoms with E-state index in [1.165, 1.54) is 22.6 Å². The molecule has 0 spiro atoms. The predicted molar refractivity (Wildman–Crippen MR) is 115 cm³/mol. The number of halogens is 1. The van der Waals surface area contributed by atoms with Crippen LogP contribution < -0.4 is 20.3 Å². The summed E-state index contributed by atoms with van der Waals surface area (Å²) < 4.78 is 24.6. The first-order valence-electron chi connectivity index (χ1n) is 8.51. The number of para-hydroxylation sites is 1. The van der Waals surface area contributed by atoms with Crippen molar-refractivity contribution in [1.29, 1.82) is 0 Å². The van der Waals surface area contributed by atoms with Crippen LogP contribution in [0.2, 0.25) is 0 Å². The third-order valence-corrected chi connectivity index (χ3v) is 4.58. The summed E-state index contributed by atoms with van der Waals surface area (Å²) in [5.74, 6) is 0.151. The van der Waals surface area contributed by atoms with Crippen molar-refractivity contribution in [3.05, 3.63) is 82.9 Å². The van der Waals surface area contributed by atoms with Crippen LogP contribution in [-0.4, -0.2) is 11.6 Å². The van der Waals surface area contributed by atoms with Gasteiger partial charge in [-0.2, -0.15) is 0 Å². The highest BCUT2D eigenvalue weighted by atomic mass is 32.2. The Hall–Kier alpha value is -3.19. The van der Waals surface area contributed by atoms with Gasteiger partial charge in [-0.3, -0.25) is 4.79 Å². The number of ether oxygens (including phenoxy) is 1. The van der Waals surface area contributed by atoms with Gasteiger partial charge in [0.05, 0.1) is 0 Å². The largest absolute Gasteiger partial charge is 0.454 e. The van der Waals surface area contributed by atoms with Crippen molar-refractivity contribution in [2.24, 2.45) is 7.05 Å². The summed E-state index contributed by atoms with van der Waals surface area (Å²) in [6.45, 7) is 3.67. The molecule has 0 radical (unpaired) electrons. The number of aromatic nitrogens is 1. The molecule has 1 aromatic heterocycles. The molecule has 0 aliphatic rings. The van der Waals surface area contributed by atoms with Crippen LogP contribution >= 0.6 is 11.9 Å². The zero-order valence-electron chi connectivity index (χ0n) is 15.5. The van der Waals surface area contributed by atoms with Gasteiger partial charge >= 0.3 is 0 Å². The van der Waals surface area contributed by atoms with Gasteiger partial charge in [0.15, 0.2) is 11.6 Å². The molecule has 5 nitrogen and oxygen atoms in total. The third kappa shape index (κ3) is 4.20. The number of benzene rings is 2. The van der Waals surface area contributed by atoms with Gasteiger partial charge in [0.2, 0.25) is 0 Å². The quantitative estimate of drug-likeness (QED) is 0.535. The van der Waals surface area contributed by atoms with Crippen LogP contribution in [0, 0.1) is 5.82 Å². The fourth-order valence-electron chi connectivity index (χ4n) is 2.70. The van der Waals surface area contributed by atoms with Gasteiger partial charge in [-0.1, -0.05) is 18.7 Å². The molecule has 0 fully saturated rings. The Morgan fingerprint density at radius 2 is 1.96 bits per heavy atom. The Labute approximate surface area is 167 Å². The Kier molecular flexibility index (Phi) is 6.06. The molecule has 144 valence electrons. The lowest BCUT2D eigenvalue weighted by Crippen LogP contribution is -2.19. The van der Waals surface area contributed by atoms with E-state index in [9.17, 15) is 9.18 Å². The van der Waals surface area contributed by atoms with Crippen LogP contribution in [0.3, 0.4) is 0 Å². The maximum atomic E-state index is 14.1. The number of rotatable bonds is 7. The van der Waals surface area contributed by atoms with Gasteiger partial charge in [-0.05, 0) is 53.8 Å². The van der Waals surface area contributed by atoms with Crippen LogP contribution in [-0.2, 0) is 7.05 Å². The minimum absolute atomic E-state index is 0.128. The molecular formula is C21H20FN3O2S. The van der Waals surface area contributed by atoms with Crippen molar-refractivity contribution in [2.45, 2.75) is 0 Å². The smallest absolute Gasteiger partial charge is 0.273 e. The SMILES string of the molecule is C=CSNc1ccc(Oc2ccccc2F)c(-c2cc(NC)c(=O)n(C)c2)c1. The molecule has 1 heterocycles. The number of anilines is 2. The Balaban J connectivity index is 2.13. The molecule has 3 rings (SSSR count). The molecule has 0 saturated heterocycles. The van der Waals surface area contributed by atoms with E-state index in [1.807, 2.05) is 12.1 Å². The van der Waals surface area contributed by atoms with E-state index < -0.39 is 5.82 Å². The van der Waals surface area contributed by atoms with Crippen molar-refractivity contribution in [3.63, 3.8) is 0 Å². The molecule has 0 saturated carbocycles. The maximum Gasteiger partial charge on any atom is 0.273 e. The molecule has 0 atom stereocenters. The molecule has 0 aliphatic heterocycles. The summed E-state index contributed by atoms with van der Waals surface area (Å²) in [7, 11) is 3.37. The molecule has 2 N–H and O–H groups in total. The van der Waals surface area contributed by atoms with Crippen LogP contribution in [0.1, 0.15) is 0 Å². The maximum absolute atomic E-state index is 14.1. The van der Waals surface area contributed by atoms with E-state index in [0.717, 1.165) is 11.3 Å². The van der Waals surface area contributed by atoms with Gasteiger partial charge in [-0.25, -0.2) is 4.39 Å². The Morgan fingerprint density at radius 3 is 2.68 bits per heavy atom. The number of hydrogen-bond acceptors (Lipinski definition) is 5. The topological polar surface area (TPSA) is 55.3 Å². The van der Waals surface area contributed by atoms with Gasteiger partial charge in [-0.15, -0.1) is 0 Å². The minimum atomic E-state index is -0.450. The van der Waals surface area contributed by atoms with E-state index in [4.69, 9.17) is 4.74 Å². The summed E-state index contributed by atoms with van der Waals surface area (Å²) in [5, 5.41) is 4.58. The molecule has 7 heteroatoms. The first-order valence-corrected chi connectivity index (χ1v) is 9.39. The van der Waals surface area contributed by atoms with E-state index in [1.54, 1.807) is 56.0 Å². The summed E-state index contributed by atoms with van der Waals surface area (Å²) in [6, 6.07) is 13.4. The Bertz CT molecular complexity index is 1070. The molecule has 0 unspecified atom stereocenters. The number of aryl methyl sites for hydroxylation is 1. The second-order valence-corrected chi connectivity index (χ2v) is 6.71. The van der Waals surface area contributed by atoms with Crippen molar-refractivity contribution >= 4 is 23.3 Å². The summed E-state index contributed by atoms with van der Waals surface area (Å²) in [6.07, 6.45) is 1.72. The van der Waals surface area contributed by atoms with Gasteiger partial charge in [0, 0.05) is 37.1 Å². The zero-order chi connectivity index (χ0) is 20.1. The monoisotopic (exact) mass is 397 g/mol. The van der Waals surface area contributed by atoms with E-state index in [-0.39, 0.29) is 11.3 Å². The molecular weight excluding hydrogens is 377 g/mol. The normalized spacial score (nSPS) is 10.4. The van der Waals surface area contributed by atoms with Crippen LogP contribution in [0.5, 0.6) is 11.5 Å². The lowest BCUT2D eigenvalue weighted by molar-refractivity contribution is 0.443. The first-order chi connectivity index (χ1) is 13.5. The summed E-state index contributed by atoms with van der Waals surface area (Å²) >= 11 is 1.34. The summed E-state index contributed by atoms with van der Waals surface area (Å²) in [4.78, 5) is 12.2. The van der Waals surface area contributed by atoms with E-state index in [2.05, 4.69) is 16.6 Å².